The molecule has 18 heavy (non-hydrogen) atoms. The monoisotopic (exact) mass is 281 g/mol. The van der Waals surface area contributed by atoms with Gasteiger partial charge in [0.1, 0.15) is 4.88 Å². The number of carbonyl (C=O) groups is 2. The van der Waals surface area contributed by atoms with Gasteiger partial charge in [-0.05, 0) is 23.6 Å². The van der Waals surface area contributed by atoms with Crippen molar-refractivity contribution in [3.8, 4) is 0 Å². The number of amides is 2. The lowest BCUT2D eigenvalue weighted by molar-refractivity contribution is 0.0618. The summed E-state index contributed by atoms with van der Waals surface area (Å²) >= 11 is 6.94. The number of thiophene rings is 1. The van der Waals surface area contributed by atoms with Gasteiger partial charge in [0, 0.05) is 12.4 Å². The Morgan fingerprint density at radius 1 is 1.33 bits per heavy atom. The van der Waals surface area contributed by atoms with Crippen LogP contribution in [-0.2, 0) is 0 Å². The molecule has 5 nitrogen and oxygen atoms in total. The van der Waals surface area contributed by atoms with Gasteiger partial charge in [-0.25, -0.2) is 10.9 Å². The van der Waals surface area contributed by atoms with Gasteiger partial charge >= 0.3 is 0 Å². The van der Waals surface area contributed by atoms with Crippen LogP contribution in [0.15, 0.2) is 36.0 Å². The van der Waals surface area contributed by atoms with Crippen molar-refractivity contribution in [2.75, 3.05) is 0 Å². The van der Waals surface area contributed by atoms with Crippen LogP contribution in [0.4, 0.5) is 0 Å². The van der Waals surface area contributed by atoms with Crippen molar-refractivity contribution in [2.45, 2.75) is 0 Å². The van der Waals surface area contributed by atoms with Crippen LogP contribution in [0.1, 0.15) is 20.0 Å². The number of nitrogens with two attached hydrogens (primary N) is 1. The molecule has 0 aliphatic rings. The molecule has 2 heterocycles. The molecular weight excluding hydrogens is 274 g/mol. The highest BCUT2D eigenvalue weighted by Crippen LogP contribution is 2.23. The Hall–Kier alpha value is -1.76. The molecule has 0 aliphatic carbocycles. The number of rotatable bonds is 2. The van der Waals surface area contributed by atoms with Crippen molar-refractivity contribution in [2.24, 2.45) is 5.84 Å². The Balaban J connectivity index is 2.23. The first kappa shape index (κ1) is 12.7. The van der Waals surface area contributed by atoms with Crippen LogP contribution in [0.5, 0.6) is 0 Å². The number of imide groups is 1. The van der Waals surface area contributed by atoms with Gasteiger partial charge in [0.15, 0.2) is 0 Å². The normalized spacial score (nSPS) is 10.1. The number of nitrogens with zero attached hydrogens (tertiary/aromatic N) is 2. The van der Waals surface area contributed by atoms with Crippen molar-refractivity contribution in [1.29, 1.82) is 0 Å². The third kappa shape index (κ3) is 2.40. The maximum absolute atomic E-state index is 11.9. The fourth-order valence-corrected chi connectivity index (χ4v) is 2.35. The molecular formula is C11H8ClN3O2S. The highest BCUT2D eigenvalue weighted by atomic mass is 35.5. The first-order chi connectivity index (χ1) is 8.61. The maximum Gasteiger partial charge on any atom is 0.286 e. The number of carbonyl (C=O) groups excluding carboxylic acids is 2. The molecule has 2 N–H and O–H groups in total. The van der Waals surface area contributed by atoms with Crippen molar-refractivity contribution in [3.63, 3.8) is 0 Å². The zero-order valence-corrected chi connectivity index (χ0v) is 10.6. The molecule has 2 rings (SSSR count). The van der Waals surface area contributed by atoms with E-state index in [1.54, 1.807) is 17.5 Å². The summed E-state index contributed by atoms with van der Waals surface area (Å²) in [6, 6.07) is 4.68. The fraction of sp³-hybridized carbons (Fsp3) is 0. The van der Waals surface area contributed by atoms with Crippen molar-refractivity contribution in [1.82, 2.24) is 9.99 Å². The molecule has 2 amide bonds. The van der Waals surface area contributed by atoms with Crippen molar-refractivity contribution >= 4 is 34.8 Å². The molecule has 0 bridgehead atoms. The molecule has 0 atom stereocenters. The third-order valence-corrected chi connectivity index (χ3v) is 3.49. The Morgan fingerprint density at radius 3 is 2.67 bits per heavy atom. The predicted molar refractivity (Wildman–Crippen MR) is 68.3 cm³/mol. The van der Waals surface area contributed by atoms with E-state index >= 15 is 0 Å². The predicted octanol–water partition coefficient (Wildman–Crippen LogP) is 1.95. The number of aromatic nitrogens is 1. The van der Waals surface area contributed by atoms with E-state index in [0.717, 1.165) is 11.3 Å². The van der Waals surface area contributed by atoms with Gasteiger partial charge in [-0.3, -0.25) is 14.6 Å². The van der Waals surface area contributed by atoms with Crippen LogP contribution >= 0.6 is 22.9 Å². The molecule has 0 radical (unpaired) electrons. The van der Waals surface area contributed by atoms with Gasteiger partial charge in [-0.2, -0.15) is 0 Å². The van der Waals surface area contributed by atoms with E-state index < -0.39 is 11.8 Å². The Bertz CT molecular complexity index is 585. The number of hydrazine groups is 1. The fourth-order valence-electron chi connectivity index (χ4n) is 1.28. The highest BCUT2D eigenvalue weighted by molar-refractivity contribution is 7.12. The summed E-state index contributed by atoms with van der Waals surface area (Å²) in [7, 11) is 0. The number of halogens is 1. The molecule has 0 spiro atoms. The van der Waals surface area contributed by atoms with Crippen LogP contribution in [0.3, 0.4) is 0 Å². The summed E-state index contributed by atoms with van der Waals surface area (Å²) in [5.74, 6) is 4.24. The second-order valence-electron chi connectivity index (χ2n) is 3.32. The third-order valence-electron chi connectivity index (χ3n) is 2.16. The van der Waals surface area contributed by atoms with E-state index in [1.807, 2.05) is 0 Å². The second-order valence-corrected chi connectivity index (χ2v) is 4.64. The molecule has 0 aliphatic heterocycles. The molecule has 0 unspecified atom stereocenters. The molecule has 0 aromatic carbocycles. The highest BCUT2D eigenvalue weighted by Gasteiger charge is 2.23. The zero-order chi connectivity index (χ0) is 13.1. The molecule has 0 saturated heterocycles. The van der Waals surface area contributed by atoms with Gasteiger partial charge in [-0.1, -0.05) is 11.6 Å². The molecule has 0 fully saturated rings. The summed E-state index contributed by atoms with van der Waals surface area (Å²) in [5, 5.41) is 2.46. The molecule has 0 saturated carbocycles. The Labute approximate surface area is 112 Å². The van der Waals surface area contributed by atoms with Gasteiger partial charge in [0.05, 0.1) is 10.6 Å². The lowest BCUT2D eigenvalue weighted by Gasteiger charge is -2.13. The quantitative estimate of drug-likeness (QED) is 0.395. The summed E-state index contributed by atoms with van der Waals surface area (Å²) in [4.78, 5) is 27.8. The van der Waals surface area contributed by atoms with Gasteiger partial charge in [0.2, 0.25) is 0 Å². The minimum atomic E-state index is -0.635. The van der Waals surface area contributed by atoms with Crippen molar-refractivity contribution < 1.29 is 9.59 Å². The van der Waals surface area contributed by atoms with E-state index in [0.29, 0.717) is 5.01 Å². The van der Waals surface area contributed by atoms with Crippen LogP contribution < -0.4 is 5.84 Å². The van der Waals surface area contributed by atoms with Crippen LogP contribution in [0.2, 0.25) is 5.02 Å². The van der Waals surface area contributed by atoms with Gasteiger partial charge in [-0.15, -0.1) is 11.3 Å². The lowest BCUT2D eigenvalue weighted by atomic mass is 10.2. The van der Waals surface area contributed by atoms with E-state index in [1.165, 1.54) is 18.5 Å². The standard InChI is InChI=1S/C11H8ClN3O2S/c12-8-3-5-18-9(8)11(17)15(13)10(16)7-2-1-4-14-6-7/h1-6H,13H2. The van der Waals surface area contributed by atoms with E-state index in [4.69, 9.17) is 17.4 Å². The maximum atomic E-state index is 11.9. The summed E-state index contributed by atoms with van der Waals surface area (Å²) in [6.07, 6.45) is 2.86. The van der Waals surface area contributed by atoms with Crippen LogP contribution in [0.25, 0.3) is 0 Å². The SMILES string of the molecule is NN(C(=O)c1cccnc1)C(=O)c1sccc1Cl. The second kappa shape index (κ2) is 5.26. The largest absolute Gasteiger partial charge is 0.286 e. The first-order valence-corrected chi connectivity index (χ1v) is 6.13. The van der Waals surface area contributed by atoms with Crippen LogP contribution in [-0.4, -0.2) is 21.8 Å². The number of hydrogen-bond acceptors (Lipinski definition) is 5. The summed E-state index contributed by atoms with van der Waals surface area (Å²) in [6.45, 7) is 0. The topological polar surface area (TPSA) is 76.3 Å². The van der Waals surface area contributed by atoms with E-state index in [2.05, 4.69) is 4.98 Å². The summed E-state index contributed by atoms with van der Waals surface area (Å²) in [5.41, 5.74) is 0.237. The lowest BCUT2D eigenvalue weighted by Crippen LogP contribution is -2.42. The minimum absolute atomic E-state index is 0.233. The molecule has 7 heteroatoms. The first-order valence-electron chi connectivity index (χ1n) is 4.87. The van der Waals surface area contributed by atoms with Crippen LogP contribution in [0, 0.1) is 0 Å². The van der Waals surface area contributed by atoms with Crippen molar-refractivity contribution in [3.05, 3.63) is 51.4 Å². The average molecular weight is 282 g/mol. The molecule has 2 aromatic heterocycles. The number of hydrogen-bond donors (Lipinski definition) is 1. The minimum Gasteiger partial charge on any atom is -0.267 e. The average Bonchev–Trinajstić information content (AvgIpc) is 2.83. The Morgan fingerprint density at radius 2 is 2.11 bits per heavy atom. The molecule has 2 aromatic rings. The smallest absolute Gasteiger partial charge is 0.267 e. The van der Waals surface area contributed by atoms with Gasteiger partial charge < -0.3 is 0 Å². The number of pyridine rings is 1. The summed E-state index contributed by atoms with van der Waals surface area (Å²) < 4.78 is 0. The van der Waals surface area contributed by atoms with E-state index in [9.17, 15) is 9.59 Å². The zero-order valence-electron chi connectivity index (χ0n) is 9.04. The van der Waals surface area contributed by atoms with Gasteiger partial charge in [0.25, 0.3) is 11.8 Å². The molecule has 92 valence electrons. The Kier molecular flexibility index (Phi) is 3.71. The van der Waals surface area contributed by atoms with E-state index in [-0.39, 0.29) is 15.5 Å².